The van der Waals surface area contributed by atoms with Crippen molar-refractivity contribution in [3.63, 3.8) is 0 Å². The molecule has 162 valence electrons. The quantitative estimate of drug-likeness (QED) is 0.122. The number of oxazole rings is 1. The molecule has 0 bridgehead atoms. The maximum absolute atomic E-state index is 15.2. The smallest absolute Gasteiger partial charge is 0.216 e. The molecule has 0 spiro atoms. The zero-order chi connectivity index (χ0) is 22.7. The van der Waals surface area contributed by atoms with E-state index in [0.717, 1.165) is 0 Å². The molecule has 3 rings (SSSR count). The Morgan fingerprint density at radius 1 is 1.26 bits per heavy atom. The second-order valence-electron chi connectivity index (χ2n) is 6.53. The first-order valence-electron chi connectivity index (χ1n) is 8.96. The number of hydrogen-bond donors (Lipinski definition) is 2. The van der Waals surface area contributed by atoms with Gasteiger partial charge in [-0.1, -0.05) is 35.8 Å². The Morgan fingerprint density at radius 3 is 2.61 bits per heavy atom. The van der Waals surface area contributed by atoms with Gasteiger partial charge in [0.25, 0.3) is 0 Å². The molecule has 0 atom stereocenters. The van der Waals surface area contributed by atoms with Crippen molar-refractivity contribution in [2.24, 2.45) is 10.9 Å². The van der Waals surface area contributed by atoms with E-state index in [1.165, 1.54) is 30.3 Å². The average Bonchev–Trinajstić information content (AvgIpc) is 3.04. The fraction of sp³-hybridized carbons (Fsp3) is 0.143. The van der Waals surface area contributed by atoms with Crippen LogP contribution in [-0.2, 0) is 11.2 Å². The van der Waals surface area contributed by atoms with Crippen molar-refractivity contribution >= 4 is 40.5 Å². The van der Waals surface area contributed by atoms with Crippen molar-refractivity contribution in [2.75, 3.05) is 5.73 Å². The van der Waals surface area contributed by atoms with Crippen LogP contribution in [0.3, 0.4) is 0 Å². The molecule has 1 heterocycles. The molecule has 0 radical (unpaired) electrons. The monoisotopic (exact) mass is 464 g/mol. The predicted octanol–water partition coefficient (Wildman–Crippen LogP) is 5.61. The number of nitrogens with two attached hydrogens (primary N) is 2. The van der Waals surface area contributed by atoms with Gasteiger partial charge in [-0.15, -0.1) is 5.10 Å². The van der Waals surface area contributed by atoms with Gasteiger partial charge in [0.2, 0.25) is 5.90 Å². The Kier molecular flexibility index (Phi) is 6.72. The zero-order valence-electron chi connectivity index (χ0n) is 16.7. The van der Waals surface area contributed by atoms with E-state index < -0.39 is 5.82 Å². The zero-order valence-corrected chi connectivity index (χ0v) is 18.2. The summed E-state index contributed by atoms with van der Waals surface area (Å²) in [6, 6.07) is 7.48. The predicted molar refractivity (Wildman–Crippen MR) is 119 cm³/mol. The molecule has 2 aromatic carbocycles. The lowest BCUT2D eigenvalue weighted by Crippen LogP contribution is -2.12. The van der Waals surface area contributed by atoms with E-state index in [1.807, 2.05) is 0 Å². The van der Waals surface area contributed by atoms with Crippen LogP contribution in [-0.4, -0.2) is 10.9 Å². The van der Waals surface area contributed by atoms with Gasteiger partial charge in [0.05, 0.1) is 11.4 Å². The molecule has 0 unspecified atom stereocenters. The first kappa shape index (κ1) is 22.5. The van der Waals surface area contributed by atoms with Crippen molar-refractivity contribution in [1.82, 2.24) is 4.98 Å². The summed E-state index contributed by atoms with van der Waals surface area (Å²) in [6.45, 7) is 7.22. The Bertz CT molecular complexity index is 1160. The van der Waals surface area contributed by atoms with E-state index in [0.29, 0.717) is 28.1 Å². The van der Waals surface area contributed by atoms with Crippen molar-refractivity contribution in [3.8, 4) is 11.5 Å². The number of rotatable bonds is 6. The molecule has 10 heteroatoms. The molecular formula is C21H19Cl2FN4O3. The van der Waals surface area contributed by atoms with Crippen LogP contribution in [0.25, 0.3) is 5.76 Å². The number of hydrogen-bond acceptors (Lipinski definition) is 7. The average molecular weight is 465 g/mol. The van der Waals surface area contributed by atoms with Crippen LogP contribution in [0.4, 0.5) is 10.1 Å². The summed E-state index contributed by atoms with van der Waals surface area (Å²) in [5.41, 5.74) is 6.71. The molecule has 4 N–H and O–H groups in total. The third-order valence-corrected chi connectivity index (χ3v) is 4.65. The number of anilines is 1. The summed E-state index contributed by atoms with van der Waals surface area (Å²) in [7, 11) is 0. The fourth-order valence-electron chi connectivity index (χ4n) is 2.81. The van der Waals surface area contributed by atoms with Gasteiger partial charge in [-0.25, -0.2) is 9.37 Å². The van der Waals surface area contributed by atoms with Gasteiger partial charge in [-0.3, -0.25) is 0 Å². The van der Waals surface area contributed by atoms with Crippen molar-refractivity contribution < 1.29 is 18.3 Å². The summed E-state index contributed by atoms with van der Waals surface area (Å²) < 4.78 is 31.7. The van der Waals surface area contributed by atoms with Crippen molar-refractivity contribution in [1.29, 1.82) is 0 Å². The summed E-state index contributed by atoms with van der Waals surface area (Å²) in [4.78, 5) is 4.19. The second-order valence-corrected chi connectivity index (χ2v) is 7.38. The summed E-state index contributed by atoms with van der Waals surface area (Å²) in [5.74, 6) is 5.90. The van der Waals surface area contributed by atoms with Gasteiger partial charge >= 0.3 is 0 Å². The van der Waals surface area contributed by atoms with Crippen LogP contribution < -0.4 is 16.3 Å². The Labute approximate surface area is 188 Å². The molecular weight excluding hydrogens is 446 g/mol. The van der Waals surface area contributed by atoms with Crippen LogP contribution >= 0.6 is 23.2 Å². The van der Waals surface area contributed by atoms with E-state index >= 15 is 4.39 Å². The number of ether oxygens (including phenoxy) is 2. The Morgan fingerprint density at radius 2 is 2.00 bits per heavy atom. The third-order valence-electron chi connectivity index (χ3n) is 4.14. The molecule has 1 aromatic heterocycles. The summed E-state index contributed by atoms with van der Waals surface area (Å²) in [6.07, 6.45) is -0.0948. The summed E-state index contributed by atoms with van der Waals surface area (Å²) >= 11 is 12.1. The van der Waals surface area contributed by atoms with E-state index in [1.54, 1.807) is 13.8 Å². The Balaban J connectivity index is 1.83. The second kappa shape index (κ2) is 9.28. The molecule has 0 aliphatic heterocycles. The minimum absolute atomic E-state index is 0.00391. The van der Waals surface area contributed by atoms with Gasteiger partial charge in [0, 0.05) is 29.3 Å². The first-order valence-corrected chi connectivity index (χ1v) is 9.72. The van der Waals surface area contributed by atoms with Gasteiger partial charge in [0.15, 0.2) is 23.2 Å². The minimum Gasteiger partial charge on any atom is -0.453 e. The van der Waals surface area contributed by atoms with Crippen molar-refractivity contribution in [2.45, 2.75) is 20.3 Å². The number of aromatic nitrogens is 1. The topological polar surface area (TPSA) is 109 Å². The van der Waals surface area contributed by atoms with E-state index in [4.69, 9.17) is 48.7 Å². The molecule has 3 aromatic rings. The van der Waals surface area contributed by atoms with Gasteiger partial charge < -0.3 is 25.5 Å². The molecule has 31 heavy (non-hydrogen) atoms. The number of nitrogen functional groups attached to an aromatic ring is 1. The third kappa shape index (κ3) is 5.28. The van der Waals surface area contributed by atoms with Crippen LogP contribution in [0, 0.1) is 19.7 Å². The first-order chi connectivity index (χ1) is 14.7. The number of halogens is 3. The number of nitrogens with zero attached hydrogens (tertiary/aromatic N) is 2. The van der Waals surface area contributed by atoms with Crippen LogP contribution in [0.2, 0.25) is 10.0 Å². The molecule has 0 saturated heterocycles. The van der Waals surface area contributed by atoms with Crippen LogP contribution in [0.15, 0.2) is 46.4 Å². The lowest BCUT2D eigenvalue weighted by atomic mass is 10.1. The van der Waals surface area contributed by atoms with E-state index in [-0.39, 0.29) is 40.2 Å². The van der Waals surface area contributed by atoms with Crippen molar-refractivity contribution in [3.05, 3.63) is 75.7 Å². The fourth-order valence-corrected chi connectivity index (χ4v) is 3.23. The van der Waals surface area contributed by atoms with Gasteiger partial charge in [0.1, 0.15) is 17.2 Å². The van der Waals surface area contributed by atoms with Gasteiger partial charge in [-0.2, -0.15) is 0 Å². The summed E-state index contributed by atoms with van der Waals surface area (Å²) in [5, 5.41) is 3.99. The normalized spacial score (nSPS) is 11.5. The SMILES string of the molecule is C=C(O/C(Cc1ccc(Cl)c(Oc2cc(N)cc(Cl)c2)c1F)=N\N)c1nc(C)oc1C. The standard InChI is InChI=1S/C21H19Cl2FN4O3/c1-10-20(27-12(3)29-10)11(2)30-18(28-26)6-13-4-5-17(23)21(19(13)24)31-16-8-14(22)7-15(25)9-16/h4-5,7-9H,2,6,25-26H2,1,3H3/b28-18-. The number of benzene rings is 2. The highest BCUT2D eigenvalue weighted by Crippen LogP contribution is 2.36. The maximum Gasteiger partial charge on any atom is 0.216 e. The highest BCUT2D eigenvalue weighted by atomic mass is 35.5. The largest absolute Gasteiger partial charge is 0.453 e. The highest BCUT2D eigenvalue weighted by molar-refractivity contribution is 6.32. The molecule has 0 aliphatic carbocycles. The van der Waals surface area contributed by atoms with Gasteiger partial charge in [-0.05, 0) is 25.1 Å². The lowest BCUT2D eigenvalue weighted by molar-refractivity contribution is 0.438. The Hall–Kier alpha value is -3.23. The van der Waals surface area contributed by atoms with Crippen LogP contribution in [0.5, 0.6) is 11.5 Å². The van der Waals surface area contributed by atoms with Crippen LogP contribution in [0.1, 0.15) is 22.9 Å². The molecule has 7 nitrogen and oxygen atoms in total. The van der Waals surface area contributed by atoms with E-state index in [2.05, 4.69) is 16.7 Å². The molecule has 0 fully saturated rings. The molecule has 0 aliphatic rings. The number of aryl methyl sites for hydroxylation is 2. The number of hydrazone groups is 1. The molecule has 0 saturated carbocycles. The van der Waals surface area contributed by atoms with E-state index in [9.17, 15) is 0 Å². The maximum atomic E-state index is 15.2. The molecule has 0 amide bonds. The highest BCUT2D eigenvalue weighted by Gasteiger charge is 2.19. The minimum atomic E-state index is -0.713. The lowest BCUT2D eigenvalue weighted by Gasteiger charge is -2.14.